The molecule has 19 heavy (non-hydrogen) atoms. The minimum absolute atomic E-state index is 0.307. The van der Waals surface area contributed by atoms with Gasteiger partial charge in [-0.1, -0.05) is 20.3 Å². The van der Waals surface area contributed by atoms with Crippen LogP contribution in [0.15, 0.2) is 22.8 Å². The van der Waals surface area contributed by atoms with Crippen LogP contribution in [0.3, 0.4) is 0 Å². The van der Waals surface area contributed by atoms with Gasteiger partial charge in [-0.15, -0.1) is 0 Å². The maximum atomic E-state index is 6.23. The summed E-state index contributed by atoms with van der Waals surface area (Å²) in [6, 6.07) is 4.31. The van der Waals surface area contributed by atoms with E-state index in [2.05, 4.69) is 23.6 Å². The molecule has 0 saturated carbocycles. The molecule has 0 aliphatic carbocycles. The van der Waals surface area contributed by atoms with Gasteiger partial charge in [-0.2, -0.15) is 0 Å². The molecular weight excluding hydrogens is 238 g/mol. The van der Waals surface area contributed by atoms with Crippen molar-refractivity contribution in [2.45, 2.75) is 32.9 Å². The van der Waals surface area contributed by atoms with Crippen molar-refractivity contribution in [3.63, 3.8) is 0 Å². The van der Waals surface area contributed by atoms with Crippen molar-refractivity contribution in [2.75, 3.05) is 32.7 Å². The van der Waals surface area contributed by atoms with E-state index >= 15 is 0 Å². The Bertz CT molecular complexity index is 344. The molecule has 1 saturated heterocycles. The molecule has 2 heterocycles. The predicted molar refractivity (Wildman–Crippen MR) is 77.9 cm³/mol. The standard InChI is InChI=1S/C15H27N3O/c1-3-13(2)15(16)12-18-8-6-17(7-9-18)11-14-5-4-10-19-14/h4-5,10,13,15H,3,6-9,11-12,16H2,1-2H3/t13?,15-/m1/s1. The third-order valence-electron chi connectivity index (χ3n) is 4.27. The number of nitrogens with zero attached hydrogens (tertiary/aromatic N) is 2. The van der Waals surface area contributed by atoms with Gasteiger partial charge in [-0.25, -0.2) is 0 Å². The zero-order chi connectivity index (χ0) is 13.7. The summed E-state index contributed by atoms with van der Waals surface area (Å²) in [5.74, 6) is 1.67. The molecule has 0 radical (unpaired) electrons. The Morgan fingerprint density at radius 3 is 2.53 bits per heavy atom. The second-order valence-corrected chi connectivity index (χ2v) is 5.71. The minimum Gasteiger partial charge on any atom is -0.468 e. The molecule has 108 valence electrons. The fourth-order valence-electron chi connectivity index (χ4n) is 2.53. The summed E-state index contributed by atoms with van der Waals surface area (Å²) in [6.07, 6.45) is 2.91. The van der Waals surface area contributed by atoms with Gasteiger partial charge in [-0.05, 0) is 18.1 Å². The maximum Gasteiger partial charge on any atom is 0.117 e. The summed E-state index contributed by atoms with van der Waals surface area (Å²) in [5.41, 5.74) is 6.23. The van der Waals surface area contributed by atoms with E-state index < -0.39 is 0 Å². The maximum absolute atomic E-state index is 6.23. The van der Waals surface area contributed by atoms with Gasteiger partial charge in [0.1, 0.15) is 5.76 Å². The van der Waals surface area contributed by atoms with E-state index in [4.69, 9.17) is 10.2 Å². The van der Waals surface area contributed by atoms with Crippen molar-refractivity contribution in [1.82, 2.24) is 9.80 Å². The summed E-state index contributed by atoms with van der Waals surface area (Å²) in [5, 5.41) is 0. The first-order chi connectivity index (χ1) is 9.19. The van der Waals surface area contributed by atoms with Crippen LogP contribution in [0.25, 0.3) is 0 Å². The molecule has 0 spiro atoms. The molecule has 0 aromatic carbocycles. The smallest absolute Gasteiger partial charge is 0.117 e. The molecule has 1 aromatic heterocycles. The van der Waals surface area contributed by atoms with E-state index in [0.29, 0.717) is 12.0 Å². The number of hydrogen-bond donors (Lipinski definition) is 1. The van der Waals surface area contributed by atoms with E-state index in [0.717, 1.165) is 45.0 Å². The molecule has 0 bridgehead atoms. The highest BCUT2D eigenvalue weighted by atomic mass is 16.3. The molecule has 1 aliphatic heterocycles. The van der Waals surface area contributed by atoms with Crippen molar-refractivity contribution >= 4 is 0 Å². The summed E-state index contributed by atoms with van der Waals surface area (Å²) >= 11 is 0. The summed E-state index contributed by atoms with van der Waals surface area (Å²) in [4.78, 5) is 4.94. The summed E-state index contributed by atoms with van der Waals surface area (Å²) < 4.78 is 5.40. The molecule has 1 aromatic rings. The predicted octanol–water partition coefficient (Wildman–Crippen LogP) is 1.77. The summed E-state index contributed by atoms with van der Waals surface area (Å²) in [6.45, 7) is 10.9. The lowest BCUT2D eigenvalue weighted by molar-refractivity contribution is 0.110. The van der Waals surface area contributed by atoms with Crippen LogP contribution < -0.4 is 5.73 Å². The number of piperazine rings is 1. The van der Waals surface area contributed by atoms with Gasteiger partial charge in [0.25, 0.3) is 0 Å². The SMILES string of the molecule is CCC(C)[C@H](N)CN1CCN(Cc2ccco2)CC1. The largest absolute Gasteiger partial charge is 0.468 e. The van der Waals surface area contributed by atoms with Gasteiger partial charge in [-0.3, -0.25) is 9.80 Å². The Hall–Kier alpha value is -0.840. The Labute approximate surface area is 116 Å². The van der Waals surface area contributed by atoms with Crippen LogP contribution in [-0.4, -0.2) is 48.6 Å². The van der Waals surface area contributed by atoms with E-state index in [1.54, 1.807) is 6.26 Å². The molecule has 1 aliphatic rings. The highest BCUT2D eigenvalue weighted by Crippen LogP contribution is 2.11. The van der Waals surface area contributed by atoms with Crippen LogP contribution in [0.1, 0.15) is 26.0 Å². The zero-order valence-electron chi connectivity index (χ0n) is 12.2. The first-order valence-electron chi connectivity index (χ1n) is 7.41. The first kappa shape index (κ1) is 14.6. The average Bonchev–Trinajstić information content (AvgIpc) is 2.93. The number of nitrogens with two attached hydrogens (primary N) is 1. The van der Waals surface area contributed by atoms with Crippen molar-refractivity contribution in [2.24, 2.45) is 11.7 Å². The number of hydrogen-bond acceptors (Lipinski definition) is 4. The minimum atomic E-state index is 0.307. The molecule has 4 nitrogen and oxygen atoms in total. The zero-order valence-corrected chi connectivity index (χ0v) is 12.2. The highest BCUT2D eigenvalue weighted by Gasteiger charge is 2.21. The van der Waals surface area contributed by atoms with Gasteiger partial charge >= 0.3 is 0 Å². The fourth-order valence-corrected chi connectivity index (χ4v) is 2.53. The van der Waals surface area contributed by atoms with Crippen LogP contribution in [0.2, 0.25) is 0 Å². The Morgan fingerprint density at radius 2 is 1.95 bits per heavy atom. The van der Waals surface area contributed by atoms with Crippen molar-refractivity contribution in [1.29, 1.82) is 0 Å². The molecule has 0 amide bonds. The van der Waals surface area contributed by atoms with Crippen molar-refractivity contribution in [3.8, 4) is 0 Å². The van der Waals surface area contributed by atoms with Gasteiger partial charge in [0.2, 0.25) is 0 Å². The van der Waals surface area contributed by atoms with Gasteiger partial charge in [0, 0.05) is 38.8 Å². The average molecular weight is 265 g/mol. The molecule has 2 N–H and O–H groups in total. The molecular formula is C15H27N3O. The quantitative estimate of drug-likeness (QED) is 0.851. The van der Waals surface area contributed by atoms with E-state index in [-0.39, 0.29) is 0 Å². The number of furan rings is 1. The van der Waals surface area contributed by atoms with Crippen LogP contribution in [0, 0.1) is 5.92 Å². The van der Waals surface area contributed by atoms with Crippen molar-refractivity contribution < 1.29 is 4.42 Å². The Kier molecular flexibility index (Phi) is 5.43. The lowest BCUT2D eigenvalue weighted by Gasteiger charge is -2.36. The molecule has 1 unspecified atom stereocenters. The third kappa shape index (κ3) is 4.34. The molecule has 2 atom stereocenters. The fraction of sp³-hybridized carbons (Fsp3) is 0.733. The van der Waals surface area contributed by atoms with Crippen LogP contribution in [0.4, 0.5) is 0 Å². The van der Waals surface area contributed by atoms with Crippen LogP contribution >= 0.6 is 0 Å². The highest BCUT2D eigenvalue weighted by molar-refractivity contribution is 4.98. The van der Waals surface area contributed by atoms with Gasteiger partial charge in [0.15, 0.2) is 0 Å². The molecule has 4 heteroatoms. The topological polar surface area (TPSA) is 45.6 Å². The lowest BCUT2D eigenvalue weighted by atomic mass is 9.99. The second kappa shape index (κ2) is 7.08. The lowest BCUT2D eigenvalue weighted by Crippen LogP contribution is -2.50. The normalized spacial score (nSPS) is 21.4. The first-order valence-corrected chi connectivity index (χ1v) is 7.41. The van der Waals surface area contributed by atoms with E-state index in [1.165, 1.54) is 6.42 Å². The second-order valence-electron chi connectivity index (χ2n) is 5.71. The monoisotopic (exact) mass is 265 g/mol. The number of rotatable bonds is 6. The Morgan fingerprint density at radius 1 is 1.26 bits per heavy atom. The van der Waals surface area contributed by atoms with E-state index in [9.17, 15) is 0 Å². The van der Waals surface area contributed by atoms with Gasteiger partial charge < -0.3 is 10.2 Å². The third-order valence-corrected chi connectivity index (χ3v) is 4.27. The molecule has 1 fully saturated rings. The molecule has 2 rings (SSSR count). The summed E-state index contributed by atoms with van der Waals surface area (Å²) in [7, 11) is 0. The van der Waals surface area contributed by atoms with Crippen LogP contribution in [-0.2, 0) is 6.54 Å². The van der Waals surface area contributed by atoms with E-state index in [1.807, 2.05) is 12.1 Å². The van der Waals surface area contributed by atoms with Crippen LogP contribution in [0.5, 0.6) is 0 Å². The van der Waals surface area contributed by atoms with Gasteiger partial charge in [0.05, 0.1) is 12.8 Å². The van der Waals surface area contributed by atoms with Crippen molar-refractivity contribution in [3.05, 3.63) is 24.2 Å². The Balaban J connectivity index is 1.70.